The molecule has 0 spiro atoms. The van der Waals surface area contributed by atoms with Gasteiger partial charge in [-0.05, 0) is 36.4 Å². The Balaban J connectivity index is 1.51. The van der Waals surface area contributed by atoms with Crippen LogP contribution in [0.2, 0.25) is 0 Å². The Morgan fingerprint density at radius 1 is 0.944 bits per heavy atom. The SMILES string of the molecule is O=C(Nc1ccc(Oc2ccnc(C(=O)O)c2)cc1F)Nc1cc(C(F)(F)F)ccc1-n1ccnc1. The predicted octanol–water partition coefficient (Wildman–Crippen LogP) is 5.56. The fourth-order valence-corrected chi connectivity index (χ4v) is 3.10. The maximum Gasteiger partial charge on any atom is 0.416 e. The van der Waals surface area contributed by atoms with E-state index >= 15 is 0 Å². The summed E-state index contributed by atoms with van der Waals surface area (Å²) < 4.78 is 61.0. The van der Waals surface area contributed by atoms with Crippen molar-refractivity contribution in [2.24, 2.45) is 0 Å². The molecule has 4 aromatic rings. The van der Waals surface area contributed by atoms with Gasteiger partial charge in [0, 0.05) is 30.7 Å². The van der Waals surface area contributed by atoms with Gasteiger partial charge in [-0.1, -0.05) is 0 Å². The van der Waals surface area contributed by atoms with Crippen molar-refractivity contribution in [3.63, 3.8) is 0 Å². The van der Waals surface area contributed by atoms with E-state index in [-0.39, 0.29) is 34.3 Å². The first kappa shape index (κ1) is 24.2. The van der Waals surface area contributed by atoms with E-state index in [1.807, 2.05) is 0 Å². The number of imidazole rings is 1. The minimum atomic E-state index is -4.65. The van der Waals surface area contributed by atoms with E-state index in [1.165, 1.54) is 53.8 Å². The molecule has 0 saturated carbocycles. The van der Waals surface area contributed by atoms with Gasteiger partial charge in [0.15, 0.2) is 5.69 Å². The van der Waals surface area contributed by atoms with E-state index in [1.54, 1.807) is 0 Å². The second kappa shape index (κ2) is 9.74. The van der Waals surface area contributed by atoms with E-state index in [0.717, 1.165) is 24.3 Å². The van der Waals surface area contributed by atoms with Gasteiger partial charge in [0.25, 0.3) is 0 Å². The Kier molecular flexibility index (Phi) is 6.54. The predicted molar refractivity (Wildman–Crippen MR) is 119 cm³/mol. The summed E-state index contributed by atoms with van der Waals surface area (Å²) in [6.45, 7) is 0. The monoisotopic (exact) mass is 501 g/mol. The van der Waals surface area contributed by atoms with Crippen molar-refractivity contribution in [1.29, 1.82) is 0 Å². The number of hydrogen-bond donors (Lipinski definition) is 3. The first-order valence-corrected chi connectivity index (χ1v) is 10.0. The standard InChI is InChI=1S/C23H15F4N5O4/c24-16-10-14(36-15-5-6-29-19(11-15)21(33)34)2-3-17(16)30-22(35)31-18-9-13(23(25,26)27)1-4-20(18)32-8-7-28-12-32/h1-12H,(H,33,34)(H2,30,31,35). The van der Waals surface area contributed by atoms with Gasteiger partial charge in [-0.15, -0.1) is 0 Å². The van der Waals surface area contributed by atoms with Crippen LogP contribution in [-0.2, 0) is 6.18 Å². The van der Waals surface area contributed by atoms with Crippen molar-refractivity contribution in [3.05, 3.63) is 90.5 Å². The molecule has 3 N–H and O–H groups in total. The number of carboxylic acids is 1. The summed E-state index contributed by atoms with van der Waals surface area (Å²) in [6.07, 6.45) is 0.789. The molecule has 2 aromatic heterocycles. The summed E-state index contributed by atoms with van der Waals surface area (Å²) in [7, 11) is 0. The number of benzene rings is 2. The average molecular weight is 501 g/mol. The molecule has 0 aliphatic rings. The van der Waals surface area contributed by atoms with Crippen LogP contribution in [-0.4, -0.2) is 31.6 Å². The second-order valence-electron chi connectivity index (χ2n) is 7.20. The van der Waals surface area contributed by atoms with Crippen LogP contribution in [0.1, 0.15) is 16.1 Å². The van der Waals surface area contributed by atoms with Gasteiger partial charge in [0.1, 0.15) is 17.3 Å². The number of anilines is 2. The van der Waals surface area contributed by atoms with Crippen LogP contribution in [0.5, 0.6) is 11.5 Å². The number of urea groups is 1. The Morgan fingerprint density at radius 2 is 1.69 bits per heavy atom. The highest BCUT2D eigenvalue weighted by atomic mass is 19.4. The summed E-state index contributed by atoms with van der Waals surface area (Å²) in [5, 5.41) is 13.5. The third-order valence-electron chi connectivity index (χ3n) is 4.73. The molecule has 36 heavy (non-hydrogen) atoms. The van der Waals surface area contributed by atoms with Crippen LogP contribution in [0.25, 0.3) is 5.69 Å². The number of alkyl halides is 3. The highest BCUT2D eigenvalue weighted by Gasteiger charge is 2.31. The molecular weight excluding hydrogens is 486 g/mol. The average Bonchev–Trinajstić information content (AvgIpc) is 3.35. The molecule has 0 aliphatic carbocycles. The van der Waals surface area contributed by atoms with E-state index < -0.39 is 29.6 Å². The third-order valence-corrected chi connectivity index (χ3v) is 4.73. The fraction of sp³-hybridized carbons (Fsp3) is 0.0435. The van der Waals surface area contributed by atoms with Crippen molar-refractivity contribution < 1.29 is 37.0 Å². The molecule has 2 amide bonds. The number of nitrogens with zero attached hydrogens (tertiary/aromatic N) is 3. The van der Waals surface area contributed by atoms with Gasteiger partial charge in [-0.2, -0.15) is 13.2 Å². The van der Waals surface area contributed by atoms with Crippen LogP contribution in [0.3, 0.4) is 0 Å². The van der Waals surface area contributed by atoms with Crippen LogP contribution in [0.15, 0.2) is 73.4 Å². The molecule has 0 atom stereocenters. The zero-order valence-corrected chi connectivity index (χ0v) is 18.0. The lowest BCUT2D eigenvalue weighted by molar-refractivity contribution is -0.137. The number of aromatic carboxylic acids is 1. The highest BCUT2D eigenvalue weighted by Crippen LogP contribution is 2.33. The Bertz CT molecular complexity index is 1420. The van der Waals surface area contributed by atoms with E-state index in [2.05, 4.69) is 20.6 Å². The molecular formula is C23H15F4N5O4. The maximum atomic E-state index is 14.6. The minimum absolute atomic E-state index is 0.00118. The molecule has 2 heterocycles. The van der Waals surface area contributed by atoms with Crippen molar-refractivity contribution in [3.8, 4) is 17.2 Å². The molecule has 0 radical (unpaired) electrons. The topological polar surface area (TPSA) is 118 Å². The summed E-state index contributed by atoms with van der Waals surface area (Å²) in [5.41, 5.74) is -1.52. The quantitative estimate of drug-likeness (QED) is 0.298. The molecule has 0 fully saturated rings. The summed E-state index contributed by atoms with van der Waals surface area (Å²) in [5.74, 6) is -2.08. The number of carbonyl (C=O) groups excluding carboxylic acids is 1. The number of pyridine rings is 1. The van der Waals surface area contributed by atoms with Gasteiger partial charge in [-0.25, -0.2) is 23.9 Å². The molecule has 0 unspecified atom stereocenters. The van der Waals surface area contributed by atoms with Crippen LogP contribution in [0.4, 0.5) is 33.7 Å². The van der Waals surface area contributed by atoms with Crippen molar-refractivity contribution in [2.45, 2.75) is 6.18 Å². The van der Waals surface area contributed by atoms with Gasteiger partial charge in [0.2, 0.25) is 0 Å². The molecule has 4 rings (SSSR count). The van der Waals surface area contributed by atoms with Gasteiger partial charge >= 0.3 is 18.2 Å². The summed E-state index contributed by atoms with van der Waals surface area (Å²) in [6, 6.07) is 7.72. The number of carboxylic acid groups (broad SMARTS) is 1. The first-order valence-electron chi connectivity index (χ1n) is 10.0. The third kappa shape index (κ3) is 5.58. The normalized spacial score (nSPS) is 11.1. The largest absolute Gasteiger partial charge is 0.477 e. The number of aromatic nitrogens is 3. The molecule has 0 bridgehead atoms. The Hall–Kier alpha value is -4.94. The minimum Gasteiger partial charge on any atom is -0.477 e. The smallest absolute Gasteiger partial charge is 0.416 e. The zero-order valence-electron chi connectivity index (χ0n) is 18.0. The molecule has 2 aromatic carbocycles. The van der Waals surface area contributed by atoms with Crippen molar-refractivity contribution >= 4 is 23.4 Å². The van der Waals surface area contributed by atoms with Crippen LogP contribution in [0, 0.1) is 5.82 Å². The molecule has 9 nitrogen and oxygen atoms in total. The highest BCUT2D eigenvalue weighted by molar-refractivity contribution is 6.01. The van der Waals surface area contributed by atoms with Crippen LogP contribution >= 0.6 is 0 Å². The van der Waals surface area contributed by atoms with E-state index in [9.17, 15) is 27.2 Å². The fourth-order valence-electron chi connectivity index (χ4n) is 3.10. The number of amides is 2. The van der Waals surface area contributed by atoms with Crippen molar-refractivity contribution in [2.75, 3.05) is 10.6 Å². The maximum absolute atomic E-state index is 14.6. The van der Waals surface area contributed by atoms with Gasteiger partial charge in [0.05, 0.1) is 29.0 Å². The first-order chi connectivity index (χ1) is 17.1. The number of rotatable bonds is 6. The second-order valence-corrected chi connectivity index (χ2v) is 7.20. The molecule has 184 valence electrons. The number of carbonyl (C=O) groups is 2. The zero-order chi connectivity index (χ0) is 25.9. The van der Waals surface area contributed by atoms with E-state index in [0.29, 0.717) is 0 Å². The number of halogens is 4. The lowest BCUT2D eigenvalue weighted by atomic mass is 10.1. The summed E-state index contributed by atoms with van der Waals surface area (Å²) >= 11 is 0. The lowest BCUT2D eigenvalue weighted by Gasteiger charge is -2.16. The van der Waals surface area contributed by atoms with Gasteiger partial charge in [-0.3, -0.25) is 0 Å². The van der Waals surface area contributed by atoms with Gasteiger partial charge < -0.3 is 25.0 Å². The molecule has 0 aliphatic heterocycles. The Labute approximate surface area is 200 Å². The number of nitrogens with one attached hydrogen (secondary N) is 2. The molecule has 13 heteroatoms. The molecule has 0 saturated heterocycles. The van der Waals surface area contributed by atoms with Crippen LogP contribution < -0.4 is 15.4 Å². The van der Waals surface area contributed by atoms with Crippen molar-refractivity contribution in [1.82, 2.24) is 14.5 Å². The lowest BCUT2D eigenvalue weighted by Crippen LogP contribution is -2.21. The number of ether oxygens (including phenoxy) is 1. The Morgan fingerprint density at radius 3 is 2.36 bits per heavy atom. The number of hydrogen-bond acceptors (Lipinski definition) is 5. The van der Waals surface area contributed by atoms with E-state index in [4.69, 9.17) is 9.84 Å². The summed E-state index contributed by atoms with van der Waals surface area (Å²) in [4.78, 5) is 31.0.